The third-order valence-corrected chi connectivity index (χ3v) is 4.97. The molecule has 2 rings (SSSR count). The molecule has 0 spiro atoms. The molecule has 0 bridgehead atoms. The van der Waals surface area contributed by atoms with Crippen LogP contribution < -0.4 is 10.6 Å². The van der Waals surface area contributed by atoms with Crippen molar-refractivity contribution in [2.45, 2.75) is 17.2 Å². The lowest BCUT2D eigenvalue weighted by molar-refractivity contribution is -0.116. The van der Waals surface area contributed by atoms with E-state index in [0.717, 1.165) is 0 Å². The van der Waals surface area contributed by atoms with E-state index in [0.29, 0.717) is 39.0 Å². The molecule has 0 radical (unpaired) electrons. The highest BCUT2D eigenvalue weighted by molar-refractivity contribution is 8.01. The molecule has 2 aromatic rings. The summed E-state index contributed by atoms with van der Waals surface area (Å²) in [5.74, 6) is 0.628. The number of aromatic nitrogens is 3. The summed E-state index contributed by atoms with van der Waals surface area (Å²) in [6.45, 7) is 0. The van der Waals surface area contributed by atoms with E-state index < -0.39 is 0 Å². The van der Waals surface area contributed by atoms with Crippen LogP contribution in [0.25, 0.3) is 0 Å². The van der Waals surface area contributed by atoms with Crippen LogP contribution in [0.1, 0.15) is 12.8 Å². The van der Waals surface area contributed by atoms with Crippen LogP contribution >= 0.6 is 46.3 Å². The van der Waals surface area contributed by atoms with Gasteiger partial charge in [-0.2, -0.15) is 0 Å². The Morgan fingerprint density at radius 3 is 2.75 bits per heavy atom. The van der Waals surface area contributed by atoms with Gasteiger partial charge in [-0.05, 0) is 18.6 Å². The highest BCUT2D eigenvalue weighted by Gasteiger charge is 2.11. The van der Waals surface area contributed by atoms with Gasteiger partial charge >= 0.3 is 0 Å². The fourth-order valence-electron chi connectivity index (χ4n) is 1.48. The van der Waals surface area contributed by atoms with E-state index in [4.69, 9.17) is 23.2 Å². The molecule has 0 unspecified atom stereocenters. The third kappa shape index (κ3) is 6.60. The molecule has 0 aromatic carbocycles. The number of anilines is 2. The molecule has 0 saturated carbocycles. The number of halogens is 2. The van der Waals surface area contributed by atoms with Crippen LogP contribution in [-0.4, -0.2) is 38.6 Å². The maximum atomic E-state index is 11.8. The zero-order valence-electron chi connectivity index (χ0n) is 12.3. The van der Waals surface area contributed by atoms with Gasteiger partial charge in [0.1, 0.15) is 5.82 Å². The van der Waals surface area contributed by atoms with Gasteiger partial charge in [-0.15, -0.1) is 21.8 Å². The summed E-state index contributed by atoms with van der Waals surface area (Å²) in [4.78, 5) is 27.4. The number of pyridine rings is 1. The Morgan fingerprint density at radius 1 is 1.21 bits per heavy atom. The number of nitrogens with zero attached hydrogens (tertiary/aromatic N) is 3. The van der Waals surface area contributed by atoms with Crippen LogP contribution in [-0.2, 0) is 9.59 Å². The maximum Gasteiger partial charge on any atom is 0.235 e. The van der Waals surface area contributed by atoms with Crippen LogP contribution in [0.3, 0.4) is 0 Å². The van der Waals surface area contributed by atoms with Crippen LogP contribution in [0, 0.1) is 0 Å². The highest BCUT2D eigenvalue weighted by atomic mass is 35.5. The number of amides is 2. The second-order valence-electron chi connectivity index (χ2n) is 4.41. The summed E-state index contributed by atoms with van der Waals surface area (Å²) in [6, 6.07) is 3.26. The minimum Gasteiger partial charge on any atom is -0.310 e. The molecule has 24 heavy (non-hydrogen) atoms. The Hall–Kier alpha value is -1.42. The van der Waals surface area contributed by atoms with Crippen molar-refractivity contribution < 1.29 is 9.59 Å². The molecule has 0 atom stereocenters. The van der Waals surface area contributed by atoms with Gasteiger partial charge in [-0.25, -0.2) is 4.98 Å². The average Bonchev–Trinajstić information content (AvgIpc) is 3.00. The molecule has 0 saturated heterocycles. The minimum absolute atomic E-state index is 0.152. The predicted molar refractivity (Wildman–Crippen MR) is 97.1 cm³/mol. The Morgan fingerprint density at radius 2 is 2.04 bits per heavy atom. The summed E-state index contributed by atoms with van der Waals surface area (Å²) in [7, 11) is 0. The van der Waals surface area contributed by atoms with Crippen molar-refractivity contribution in [3.8, 4) is 0 Å². The Balaban J connectivity index is 1.76. The zero-order chi connectivity index (χ0) is 17.4. The molecular weight excluding hydrogens is 393 g/mol. The SMILES string of the molecule is O=C(CSc1nnc(NC(=O)CCCCl)s1)Nc1ccc(Cl)cn1. The Labute approximate surface area is 156 Å². The number of carbonyl (C=O) groups excluding carboxylic acids is 2. The lowest BCUT2D eigenvalue weighted by atomic mass is 10.3. The number of hydrogen-bond acceptors (Lipinski definition) is 7. The molecule has 0 aliphatic heterocycles. The summed E-state index contributed by atoms with van der Waals surface area (Å²) in [6.07, 6.45) is 2.39. The number of hydrogen-bond donors (Lipinski definition) is 2. The third-order valence-electron chi connectivity index (χ3n) is 2.51. The van der Waals surface area contributed by atoms with E-state index >= 15 is 0 Å². The molecular formula is C13H13Cl2N5O2S2. The Kier molecular flexibility index (Phi) is 7.70. The van der Waals surface area contributed by atoms with E-state index in [9.17, 15) is 9.59 Å². The number of carbonyl (C=O) groups is 2. The molecule has 0 fully saturated rings. The largest absolute Gasteiger partial charge is 0.310 e. The molecule has 2 N–H and O–H groups in total. The second-order valence-corrected chi connectivity index (χ2v) is 7.43. The first-order valence-electron chi connectivity index (χ1n) is 6.80. The average molecular weight is 406 g/mol. The number of alkyl halides is 1. The van der Waals surface area contributed by atoms with Gasteiger partial charge in [0.15, 0.2) is 4.34 Å². The molecule has 0 aliphatic carbocycles. The van der Waals surface area contributed by atoms with E-state index in [2.05, 4.69) is 25.8 Å². The molecule has 0 aliphatic rings. The molecule has 128 valence electrons. The van der Waals surface area contributed by atoms with Crippen molar-refractivity contribution in [2.24, 2.45) is 0 Å². The van der Waals surface area contributed by atoms with Gasteiger partial charge in [0, 0.05) is 18.5 Å². The quantitative estimate of drug-likeness (QED) is 0.397. The predicted octanol–water partition coefficient (Wildman–Crippen LogP) is 3.27. The topological polar surface area (TPSA) is 96.9 Å². The summed E-state index contributed by atoms with van der Waals surface area (Å²) in [5.41, 5.74) is 0. The maximum absolute atomic E-state index is 11.8. The van der Waals surface area contributed by atoms with Gasteiger partial charge in [-0.3, -0.25) is 9.59 Å². The van der Waals surface area contributed by atoms with E-state index in [1.807, 2.05) is 0 Å². The number of thioether (sulfide) groups is 1. The number of nitrogens with one attached hydrogen (secondary N) is 2. The normalized spacial score (nSPS) is 10.4. The first kappa shape index (κ1) is 18.9. The van der Waals surface area contributed by atoms with E-state index in [1.165, 1.54) is 29.3 Å². The fourth-order valence-corrected chi connectivity index (χ4v) is 3.30. The molecule has 2 amide bonds. The van der Waals surface area contributed by atoms with Gasteiger partial charge in [-0.1, -0.05) is 34.7 Å². The second kappa shape index (κ2) is 9.77. The van der Waals surface area contributed by atoms with E-state index in [-0.39, 0.29) is 17.6 Å². The smallest absolute Gasteiger partial charge is 0.235 e. The fraction of sp³-hybridized carbons (Fsp3) is 0.308. The van der Waals surface area contributed by atoms with Gasteiger partial charge in [0.05, 0.1) is 10.8 Å². The van der Waals surface area contributed by atoms with Crippen molar-refractivity contribution in [1.29, 1.82) is 0 Å². The molecule has 2 heterocycles. The van der Waals surface area contributed by atoms with Gasteiger partial charge in [0.25, 0.3) is 0 Å². The zero-order valence-corrected chi connectivity index (χ0v) is 15.4. The molecule has 2 aromatic heterocycles. The van der Waals surface area contributed by atoms with Crippen LogP contribution in [0.4, 0.5) is 10.9 Å². The summed E-state index contributed by atoms with van der Waals surface area (Å²) < 4.78 is 0.585. The summed E-state index contributed by atoms with van der Waals surface area (Å²) in [5, 5.41) is 14.0. The highest BCUT2D eigenvalue weighted by Crippen LogP contribution is 2.25. The van der Waals surface area contributed by atoms with Crippen LogP contribution in [0.15, 0.2) is 22.7 Å². The van der Waals surface area contributed by atoms with Crippen molar-refractivity contribution >= 4 is 69.1 Å². The van der Waals surface area contributed by atoms with Crippen molar-refractivity contribution in [3.05, 3.63) is 23.4 Å². The van der Waals surface area contributed by atoms with Gasteiger partial charge < -0.3 is 10.6 Å². The molecule has 7 nitrogen and oxygen atoms in total. The Bertz CT molecular complexity index is 696. The first-order valence-corrected chi connectivity index (χ1v) is 9.52. The standard InChI is InChI=1S/C13H13Cl2N5O2S2/c14-5-1-2-10(21)18-12-19-20-13(24-12)23-7-11(22)17-9-4-3-8(15)6-16-9/h3-4,6H,1-2,5,7H2,(H,16,17,22)(H,18,19,21). The molecule has 11 heteroatoms. The van der Waals surface area contributed by atoms with E-state index in [1.54, 1.807) is 12.1 Å². The lowest BCUT2D eigenvalue weighted by Gasteiger charge is -2.02. The first-order chi connectivity index (χ1) is 11.6. The monoisotopic (exact) mass is 405 g/mol. The summed E-state index contributed by atoms with van der Waals surface area (Å²) >= 11 is 13.7. The van der Waals surface area contributed by atoms with Crippen molar-refractivity contribution in [3.63, 3.8) is 0 Å². The van der Waals surface area contributed by atoms with Crippen LogP contribution in [0.5, 0.6) is 0 Å². The van der Waals surface area contributed by atoms with Crippen molar-refractivity contribution in [1.82, 2.24) is 15.2 Å². The van der Waals surface area contributed by atoms with Crippen molar-refractivity contribution in [2.75, 3.05) is 22.3 Å². The van der Waals surface area contributed by atoms with Crippen LogP contribution in [0.2, 0.25) is 5.02 Å². The number of rotatable bonds is 8. The lowest BCUT2D eigenvalue weighted by Crippen LogP contribution is -2.14. The van der Waals surface area contributed by atoms with Gasteiger partial charge in [0.2, 0.25) is 16.9 Å². The minimum atomic E-state index is -0.224.